The molecule has 1 amide bonds. The first-order chi connectivity index (χ1) is 11.7. The number of nitrogens with zero attached hydrogens (tertiary/aromatic N) is 5. The summed E-state index contributed by atoms with van der Waals surface area (Å²) in [5.74, 6) is 0.933. The molecule has 0 radical (unpaired) electrons. The van der Waals surface area contributed by atoms with Crippen LogP contribution in [0, 0.1) is 0 Å². The fraction of sp³-hybridized carbons (Fsp3) is 0.214. The van der Waals surface area contributed by atoms with Crippen molar-refractivity contribution in [3.05, 3.63) is 42.2 Å². The maximum Gasteiger partial charge on any atom is 0.236 e. The van der Waals surface area contributed by atoms with Crippen LogP contribution in [0.25, 0.3) is 0 Å². The number of aromatic nitrogens is 5. The molecule has 3 aromatic rings. The van der Waals surface area contributed by atoms with Gasteiger partial charge < -0.3 is 4.57 Å². The van der Waals surface area contributed by atoms with Crippen molar-refractivity contribution in [2.75, 3.05) is 11.1 Å². The Balaban J connectivity index is 1.46. The number of rotatable bonds is 7. The smallest absolute Gasteiger partial charge is 0.236 e. The van der Waals surface area contributed by atoms with E-state index in [4.69, 9.17) is 0 Å². The Morgan fingerprint density at radius 3 is 2.79 bits per heavy atom. The van der Waals surface area contributed by atoms with Crippen molar-refractivity contribution in [2.24, 2.45) is 7.05 Å². The molecule has 1 aromatic carbocycles. The number of hydrogen-bond acceptors (Lipinski definition) is 8. The number of anilines is 1. The zero-order valence-corrected chi connectivity index (χ0v) is 15.2. The molecule has 2 heterocycles. The van der Waals surface area contributed by atoms with Crippen LogP contribution in [-0.4, -0.2) is 36.6 Å². The quantitative estimate of drug-likeness (QED) is 0.500. The third-order valence-corrected chi connectivity index (χ3v) is 5.94. The maximum atomic E-state index is 12.0. The molecule has 0 saturated heterocycles. The summed E-state index contributed by atoms with van der Waals surface area (Å²) in [6, 6.07) is 10.2. The van der Waals surface area contributed by atoms with E-state index in [2.05, 4.69) is 37.8 Å². The number of nitrogens with one attached hydrogen (secondary N) is 1. The first-order valence-electron chi connectivity index (χ1n) is 6.97. The van der Waals surface area contributed by atoms with E-state index < -0.39 is 0 Å². The molecule has 124 valence electrons. The second kappa shape index (κ2) is 8.27. The highest BCUT2D eigenvalue weighted by molar-refractivity contribution is 8.00. The predicted molar refractivity (Wildman–Crippen MR) is 96.3 cm³/mol. The summed E-state index contributed by atoms with van der Waals surface area (Å²) in [4.78, 5) is 12.0. The molecule has 0 aliphatic heterocycles. The summed E-state index contributed by atoms with van der Waals surface area (Å²) in [5, 5.41) is 19.7. The first kappa shape index (κ1) is 16.9. The van der Waals surface area contributed by atoms with E-state index >= 15 is 0 Å². The second-order valence-corrected chi connectivity index (χ2v) is 7.85. The summed E-state index contributed by atoms with van der Waals surface area (Å²) in [5.41, 5.74) is 1.23. The first-order valence-corrected chi connectivity index (χ1v) is 9.76. The lowest BCUT2D eigenvalue weighted by molar-refractivity contribution is -0.113. The fourth-order valence-electron chi connectivity index (χ4n) is 1.73. The highest BCUT2D eigenvalue weighted by Gasteiger charge is 2.11. The summed E-state index contributed by atoms with van der Waals surface area (Å²) in [6.07, 6.45) is 1.60. The standard InChI is InChI=1S/C14H14N6OS3/c1-20-9-15-18-13(20)22-8-11(21)16-12-17-19-14(24-12)23-7-10-5-3-2-4-6-10/h2-6,9H,7-8H2,1H3,(H,16,17,21). The summed E-state index contributed by atoms with van der Waals surface area (Å²) in [6.45, 7) is 0. The van der Waals surface area contributed by atoms with Crippen molar-refractivity contribution >= 4 is 45.9 Å². The predicted octanol–water partition coefficient (Wildman–Crippen LogP) is 2.69. The van der Waals surface area contributed by atoms with E-state index in [0.29, 0.717) is 10.3 Å². The van der Waals surface area contributed by atoms with Crippen LogP contribution in [0.5, 0.6) is 0 Å². The topological polar surface area (TPSA) is 85.6 Å². The van der Waals surface area contributed by atoms with Gasteiger partial charge in [-0.15, -0.1) is 20.4 Å². The van der Waals surface area contributed by atoms with Gasteiger partial charge in [0.15, 0.2) is 9.50 Å². The summed E-state index contributed by atoms with van der Waals surface area (Å²) in [7, 11) is 1.83. The van der Waals surface area contributed by atoms with Crippen molar-refractivity contribution in [3.8, 4) is 0 Å². The molecule has 0 saturated carbocycles. The van der Waals surface area contributed by atoms with E-state index in [0.717, 1.165) is 10.1 Å². The Labute approximate surface area is 151 Å². The lowest BCUT2D eigenvalue weighted by atomic mass is 10.2. The monoisotopic (exact) mass is 378 g/mol. The number of aryl methyl sites for hydroxylation is 1. The molecule has 0 unspecified atom stereocenters. The Hall–Kier alpha value is -1.91. The van der Waals surface area contributed by atoms with Crippen LogP contribution in [0.1, 0.15) is 5.56 Å². The van der Waals surface area contributed by atoms with E-state index in [1.54, 1.807) is 22.7 Å². The zero-order chi connectivity index (χ0) is 16.8. The molecule has 0 spiro atoms. The van der Waals surface area contributed by atoms with Gasteiger partial charge in [-0.2, -0.15) is 0 Å². The van der Waals surface area contributed by atoms with Crippen molar-refractivity contribution in [2.45, 2.75) is 15.2 Å². The second-order valence-electron chi connectivity index (χ2n) is 4.71. The molecular formula is C14H14N6OS3. The number of hydrogen-bond donors (Lipinski definition) is 1. The third-order valence-electron chi connectivity index (χ3n) is 2.86. The van der Waals surface area contributed by atoms with Gasteiger partial charge in [0.2, 0.25) is 11.0 Å². The van der Waals surface area contributed by atoms with Crippen LogP contribution in [0.3, 0.4) is 0 Å². The van der Waals surface area contributed by atoms with Crippen molar-refractivity contribution in [1.82, 2.24) is 25.0 Å². The molecule has 0 fully saturated rings. The highest BCUT2D eigenvalue weighted by Crippen LogP contribution is 2.28. The highest BCUT2D eigenvalue weighted by atomic mass is 32.2. The SMILES string of the molecule is Cn1cnnc1SCC(=O)Nc1nnc(SCc2ccccc2)s1. The average Bonchev–Trinajstić information content (AvgIpc) is 3.21. The Morgan fingerprint density at radius 1 is 1.21 bits per heavy atom. The van der Waals surface area contributed by atoms with E-state index in [9.17, 15) is 4.79 Å². The number of carbonyl (C=O) groups is 1. The fourth-order valence-corrected chi connectivity index (χ4v) is 4.14. The van der Waals surface area contributed by atoms with Crippen molar-refractivity contribution in [3.63, 3.8) is 0 Å². The number of amides is 1. The van der Waals surface area contributed by atoms with E-state index in [1.807, 2.05) is 25.2 Å². The average molecular weight is 379 g/mol. The normalized spacial score (nSPS) is 10.7. The van der Waals surface area contributed by atoms with Crippen molar-refractivity contribution < 1.29 is 4.79 Å². The van der Waals surface area contributed by atoms with Crippen LogP contribution in [0.15, 0.2) is 46.2 Å². The van der Waals surface area contributed by atoms with Crippen LogP contribution in [0.2, 0.25) is 0 Å². The van der Waals surface area contributed by atoms with Gasteiger partial charge in [-0.3, -0.25) is 10.1 Å². The van der Waals surface area contributed by atoms with Crippen LogP contribution in [0.4, 0.5) is 5.13 Å². The minimum atomic E-state index is -0.140. The van der Waals surface area contributed by atoms with Gasteiger partial charge in [0.25, 0.3) is 0 Å². The largest absolute Gasteiger partial charge is 0.312 e. The lowest BCUT2D eigenvalue weighted by Gasteiger charge is -2.00. The third kappa shape index (κ3) is 4.79. The van der Waals surface area contributed by atoms with Gasteiger partial charge in [0.05, 0.1) is 5.75 Å². The van der Waals surface area contributed by atoms with Crippen LogP contribution < -0.4 is 5.32 Å². The Bertz CT molecular complexity index is 804. The molecule has 0 aliphatic carbocycles. The molecule has 7 nitrogen and oxygen atoms in total. The molecule has 24 heavy (non-hydrogen) atoms. The van der Waals surface area contributed by atoms with Crippen LogP contribution >= 0.6 is 34.9 Å². The molecule has 1 N–H and O–H groups in total. The molecule has 10 heteroatoms. The Kier molecular flexibility index (Phi) is 5.83. The van der Waals surface area contributed by atoms with Gasteiger partial charge >= 0.3 is 0 Å². The minimum Gasteiger partial charge on any atom is -0.312 e. The molecule has 0 bridgehead atoms. The van der Waals surface area contributed by atoms with Gasteiger partial charge in [-0.25, -0.2) is 0 Å². The minimum absolute atomic E-state index is 0.140. The van der Waals surface area contributed by atoms with Crippen LogP contribution in [-0.2, 0) is 17.6 Å². The molecule has 0 aliphatic rings. The molecule has 0 atom stereocenters. The zero-order valence-electron chi connectivity index (χ0n) is 12.7. The van der Waals surface area contributed by atoms with Crippen molar-refractivity contribution in [1.29, 1.82) is 0 Å². The van der Waals surface area contributed by atoms with Gasteiger partial charge in [-0.05, 0) is 5.56 Å². The Morgan fingerprint density at radius 2 is 2.04 bits per heavy atom. The molecule has 3 rings (SSSR count). The number of carbonyl (C=O) groups excluding carboxylic acids is 1. The van der Waals surface area contributed by atoms with E-state index in [1.165, 1.54) is 28.7 Å². The van der Waals surface area contributed by atoms with Gasteiger partial charge in [0.1, 0.15) is 6.33 Å². The summed E-state index contributed by atoms with van der Waals surface area (Å²) < 4.78 is 2.59. The van der Waals surface area contributed by atoms with Gasteiger partial charge in [-0.1, -0.05) is 65.2 Å². The number of benzene rings is 1. The molecular weight excluding hydrogens is 364 g/mol. The lowest BCUT2D eigenvalue weighted by Crippen LogP contribution is -2.14. The summed E-state index contributed by atoms with van der Waals surface area (Å²) >= 11 is 4.30. The molecule has 2 aromatic heterocycles. The maximum absolute atomic E-state index is 12.0. The number of thioether (sulfide) groups is 2. The van der Waals surface area contributed by atoms with E-state index in [-0.39, 0.29) is 11.7 Å². The van der Waals surface area contributed by atoms with Gasteiger partial charge in [0, 0.05) is 12.8 Å².